The Morgan fingerprint density at radius 2 is 2.07 bits per heavy atom. The lowest BCUT2D eigenvalue weighted by Crippen LogP contribution is -2.31. The second kappa shape index (κ2) is 5.16. The van der Waals surface area contributed by atoms with Crippen molar-refractivity contribution in [1.29, 1.82) is 0 Å². The van der Waals surface area contributed by atoms with E-state index in [1.807, 2.05) is 10.9 Å². The zero-order chi connectivity index (χ0) is 11.4. The zero-order valence-electron chi connectivity index (χ0n) is 9.97. The standard InChI is InChI=1S/C11H21N3O/c1-8(2)11(5-12)15-10-6-13-14(7-10)9(3)4/h6-9,11H,5,12H2,1-4H3. The van der Waals surface area contributed by atoms with Crippen molar-refractivity contribution >= 4 is 0 Å². The molecule has 4 heteroatoms. The third kappa shape index (κ3) is 3.23. The van der Waals surface area contributed by atoms with Crippen LogP contribution in [0.1, 0.15) is 33.7 Å². The van der Waals surface area contributed by atoms with Crippen LogP contribution in [0, 0.1) is 5.92 Å². The molecule has 0 aliphatic rings. The van der Waals surface area contributed by atoms with Crippen molar-refractivity contribution in [3.8, 4) is 5.75 Å². The summed E-state index contributed by atoms with van der Waals surface area (Å²) >= 11 is 0. The van der Waals surface area contributed by atoms with Crippen molar-refractivity contribution in [3.05, 3.63) is 12.4 Å². The molecule has 1 rings (SSSR count). The first-order chi connectivity index (χ1) is 7.04. The van der Waals surface area contributed by atoms with Crippen molar-refractivity contribution in [2.45, 2.75) is 39.8 Å². The molecule has 4 nitrogen and oxygen atoms in total. The van der Waals surface area contributed by atoms with Crippen LogP contribution in [-0.4, -0.2) is 22.4 Å². The van der Waals surface area contributed by atoms with Gasteiger partial charge in [-0.1, -0.05) is 13.8 Å². The predicted molar refractivity (Wildman–Crippen MR) is 60.9 cm³/mol. The molecule has 1 aromatic rings. The van der Waals surface area contributed by atoms with E-state index in [4.69, 9.17) is 10.5 Å². The van der Waals surface area contributed by atoms with E-state index in [1.165, 1.54) is 0 Å². The van der Waals surface area contributed by atoms with Gasteiger partial charge in [-0.05, 0) is 19.8 Å². The Morgan fingerprint density at radius 3 is 2.47 bits per heavy atom. The maximum absolute atomic E-state index is 5.75. The Hall–Kier alpha value is -1.03. The molecule has 1 atom stereocenters. The molecule has 0 fully saturated rings. The number of aromatic nitrogens is 2. The molecule has 1 heterocycles. The highest BCUT2D eigenvalue weighted by Gasteiger charge is 2.14. The van der Waals surface area contributed by atoms with Gasteiger partial charge in [0.2, 0.25) is 0 Å². The summed E-state index contributed by atoms with van der Waals surface area (Å²) in [6.07, 6.45) is 3.72. The molecule has 15 heavy (non-hydrogen) atoms. The molecule has 0 radical (unpaired) electrons. The van der Waals surface area contributed by atoms with Gasteiger partial charge in [-0.15, -0.1) is 0 Å². The van der Waals surface area contributed by atoms with Crippen LogP contribution >= 0.6 is 0 Å². The Morgan fingerprint density at radius 1 is 1.40 bits per heavy atom. The molecular weight excluding hydrogens is 190 g/mol. The van der Waals surface area contributed by atoms with Crippen LogP contribution in [0.3, 0.4) is 0 Å². The van der Waals surface area contributed by atoms with Gasteiger partial charge in [0.15, 0.2) is 5.75 Å². The van der Waals surface area contributed by atoms with E-state index in [0.717, 1.165) is 5.75 Å². The summed E-state index contributed by atoms with van der Waals surface area (Å²) in [6.45, 7) is 8.90. The lowest BCUT2D eigenvalue weighted by Gasteiger charge is -2.19. The van der Waals surface area contributed by atoms with E-state index < -0.39 is 0 Å². The Labute approximate surface area is 91.4 Å². The molecule has 1 unspecified atom stereocenters. The van der Waals surface area contributed by atoms with Crippen LogP contribution in [0.4, 0.5) is 0 Å². The lowest BCUT2D eigenvalue weighted by molar-refractivity contribution is 0.159. The maximum atomic E-state index is 5.75. The fraction of sp³-hybridized carbons (Fsp3) is 0.727. The quantitative estimate of drug-likeness (QED) is 0.808. The van der Waals surface area contributed by atoms with E-state index in [1.54, 1.807) is 6.20 Å². The second-order valence-electron chi connectivity index (χ2n) is 4.39. The van der Waals surface area contributed by atoms with Crippen molar-refractivity contribution in [1.82, 2.24) is 9.78 Å². The molecule has 0 bridgehead atoms. The van der Waals surface area contributed by atoms with Crippen LogP contribution in [0.15, 0.2) is 12.4 Å². The molecule has 2 N–H and O–H groups in total. The number of hydrogen-bond acceptors (Lipinski definition) is 3. The van der Waals surface area contributed by atoms with Crippen molar-refractivity contribution in [3.63, 3.8) is 0 Å². The lowest BCUT2D eigenvalue weighted by atomic mass is 10.1. The van der Waals surface area contributed by atoms with E-state index in [9.17, 15) is 0 Å². The smallest absolute Gasteiger partial charge is 0.157 e. The normalized spacial score (nSPS) is 13.5. The highest BCUT2D eigenvalue weighted by atomic mass is 16.5. The maximum Gasteiger partial charge on any atom is 0.157 e. The van der Waals surface area contributed by atoms with Gasteiger partial charge in [0.25, 0.3) is 0 Å². The predicted octanol–water partition coefficient (Wildman–Crippen LogP) is 1.83. The second-order valence-corrected chi connectivity index (χ2v) is 4.39. The Bertz CT molecular complexity index is 294. The van der Waals surface area contributed by atoms with Gasteiger partial charge in [0, 0.05) is 12.6 Å². The van der Waals surface area contributed by atoms with Crippen LogP contribution in [-0.2, 0) is 0 Å². The Balaban J connectivity index is 2.63. The third-order valence-corrected chi connectivity index (χ3v) is 2.37. The SMILES string of the molecule is CC(C)C(CN)Oc1cnn(C(C)C)c1. The molecule has 0 spiro atoms. The van der Waals surface area contributed by atoms with Gasteiger partial charge in [0.05, 0.1) is 12.4 Å². The average molecular weight is 211 g/mol. The largest absolute Gasteiger partial charge is 0.486 e. The van der Waals surface area contributed by atoms with Crippen LogP contribution < -0.4 is 10.5 Å². The first kappa shape index (κ1) is 12.0. The highest BCUT2D eigenvalue weighted by Crippen LogP contribution is 2.16. The minimum atomic E-state index is 0.0646. The number of rotatable bonds is 5. The first-order valence-corrected chi connectivity index (χ1v) is 5.45. The first-order valence-electron chi connectivity index (χ1n) is 5.45. The third-order valence-electron chi connectivity index (χ3n) is 2.37. The van der Waals surface area contributed by atoms with Gasteiger partial charge < -0.3 is 10.5 Å². The van der Waals surface area contributed by atoms with Gasteiger partial charge in [-0.3, -0.25) is 4.68 Å². The highest BCUT2D eigenvalue weighted by molar-refractivity contribution is 5.12. The molecule has 0 amide bonds. The van der Waals surface area contributed by atoms with Gasteiger partial charge in [-0.2, -0.15) is 5.10 Å². The molecular formula is C11H21N3O. The minimum absolute atomic E-state index is 0.0646. The van der Waals surface area contributed by atoms with Crippen LogP contribution in [0.25, 0.3) is 0 Å². The summed E-state index contributed by atoms with van der Waals surface area (Å²) < 4.78 is 7.63. The fourth-order valence-corrected chi connectivity index (χ4v) is 1.30. The number of nitrogens with zero attached hydrogens (tertiary/aromatic N) is 2. The molecule has 0 saturated carbocycles. The zero-order valence-corrected chi connectivity index (χ0v) is 9.97. The van der Waals surface area contributed by atoms with E-state index >= 15 is 0 Å². The summed E-state index contributed by atoms with van der Waals surface area (Å²) in [5, 5.41) is 4.21. The molecule has 86 valence electrons. The van der Waals surface area contributed by atoms with Gasteiger partial charge in [0.1, 0.15) is 6.10 Å². The minimum Gasteiger partial charge on any atom is -0.486 e. The van der Waals surface area contributed by atoms with Gasteiger partial charge >= 0.3 is 0 Å². The van der Waals surface area contributed by atoms with E-state index in [-0.39, 0.29) is 6.10 Å². The van der Waals surface area contributed by atoms with Gasteiger partial charge in [-0.25, -0.2) is 0 Å². The monoisotopic (exact) mass is 211 g/mol. The average Bonchev–Trinajstić information content (AvgIpc) is 2.61. The van der Waals surface area contributed by atoms with E-state index in [0.29, 0.717) is 18.5 Å². The van der Waals surface area contributed by atoms with Crippen molar-refractivity contribution < 1.29 is 4.74 Å². The summed E-state index contributed by atoms with van der Waals surface area (Å²) in [7, 11) is 0. The molecule has 1 aromatic heterocycles. The molecule has 0 aliphatic heterocycles. The molecule has 0 aliphatic carbocycles. The van der Waals surface area contributed by atoms with Crippen molar-refractivity contribution in [2.24, 2.45) is 11.7 Å². The van der Waals surface area contributed by atoms with Crippen LogP contribution in [0.5, 0.6) is 5.75 Å². The van der Waals surface area contributed by atoms with Crippen molar-refractivity contribution in [2.75, 3.05) is 6.54 Å². The summed E-state index contributed by atoms with van der Waals surface area (Å²) in [6, 6.07) is 0.359. The van der Waals surface area contributed by atoms with Crippen LogP contribution in [0.2, 0.25) is 0 Å². The summed E-state index contributed by atoms with van der Waals surface area (Å²) in [5.74, 6) is 1.21. The topological polar surface area (TPSA) is 53.1 Å². The number of ether oxygens (including phenoxy) is 1. The number of nitrogens with two attached hydrogens (primary N) is 1. The summed E-state index contributed by atoms with van der Waals surface area (Å²) in [4.78, 5) is 0. The Kier molecular flexibility index (Phi) is 4.15. The fourth-order valence-electron chi connectivity index (χ4n) is 1.30. The number of hydrogen-bond donors (Lipinski definition) is 1. The molecule has 0 saturated heterocycles. The molecule has 0 aromatic carbocycles. The summed E-state index contributed by atoms with van der Waals surface area (Å²) in [5.41, 5.74) is 5.64. The van der Waals surface area contributed by atoms with E-state index in [2.05, 4.69) is 32.8 Å².